The molecule has 1 aromatic rings. The Morgan fingerprint density at radius 2 is 2.12 bits per heavy atom. The first-order valence-corrected chi connectivity index (χ1v) is 5.35. The summed E-state index contributed by atoms with van der Waals surface area (Å²) in [4.78, 5) is 11.6. The molecular formula is C13H11NO2. The van der Waals surface area contributed by atoms with Crippen molar-refractivity contribution in [2.75, 3.05) is 6.61 Å². The first-order valence-electron chi connectivity index (χ1n) is 5.35. The molecule has 3 atom stereocenters. The van der Waals surface area contributed by atoms with Gasteiger partial charge in [0.25, 0.3) is 0 Å². The maximum atomic E-state index is 11.6. The molecule has 0 radical (unpaired) electrons. The smallest absolute Gasteiger partial charge is 0.327 e. The maximum Gasteiger partial charge on any atom is 0.327 e. The van der Waals surface area contributed by atoms with E-state index in [0.717, 1.165) is 5.56 Å². The maximum absolute atomic E-state index is 11.6. The van der Waals surface area contributed by atoms with Gasteiger partial charge in [0.1, 0.15) is 0 Å². The number of hydrogen-bond acceptors (Lipinski definition) is 3. The second-order valence-electron chi connectivity index (χ2n) is 4.57. The van der Waals surface area contributed by atoms with E-state index < -0.39 is 5.41 Å². The predicted octanol–water partition coefficient (Wildman–Crippen LogP) is 1.78. The Balaban J connectivity index is 1.98. The zero-order valence-corrected chi connectivity index (χ0v) is 8.93. The summed E-state index contributed by atoms with van der Waals surface area (Å²) in [6.45, 7) is 2.41. The number of carbonyl (C=O) groups is 1. The van der Waals surface area contributed by atoms with Gasteiger partial charge in [-0.25, -0.2) is 0 Å². The summed E-state index contributed by atoms with van der Waals surface area (Å²) in [5.74, 6) is -0.238. The number of carbonyl (C=O) groups excluding carboxylic acids is 1. The van der Waals surface area contributed by atoms with Crippen molar-refractivity contribution >= 4 is 5.97 Å². The van der Waals surface area contributed by atoms with Gasteiger partial charge in [-0.3, -0.25) is 4.79 Å². The highest BCUT2D eigenvalue weighted by Gasteiger charge is 2.76. The van der Waals surface area contributed by atoms with Gasteiger partial charge >= 0.3 is 5.97 Å². The van der Waals surface area contributed by atoms with E-state index >= 15 is 0 Å². The molecule has 0 N–H and O–H groups in total. The van der Waals surface area contributed by atoms with Crippen molar-refractivity contribution in [2.24, 2.45) is 11.3 Å². The Bertz CT molecular complexity index is 500. The Kier molecular flexibility index (Phi) is 1.68. The molecule has 16 heavy (non-hydrogen) atoms. The molecule has 1 aliphatic carbocycles. The summed E-state index contributed by atoms with van der Waals surface area (Å²) in [7, 11) is 0. The van der Waals surface area contributed by atoms with Crippen LogP contribution in [0.4, 0.5) is 0 Å². The molecule has 3 heteroatoms. The van der Waals surface area contributed by atoms with Gasteiger partial charge in [0.15, 0.2) is 5.41 Å². The third kappa shape index (κ3) is 0.943. The standard InChI is InChI=1S/C13H11NO2/c1-8-2-4-9(5-3-8)11-10-6-16-12(15)13(10,11)7-14/h2-5,10-11H,6H2,1H3/t10-,11-,13-/m0/s1. The van der Waals surface area contributed by atoms with E-state index in [1.54, 1.807) is 0 Å². The van der Waals surface area contributed by atoms with E-state index in [2.05, 4.69) is 6.07 Å². The zero-order chi connectivity index (χ0) is 11.3. The third-order valence-corrected chi connectivity index (χ3v) is 3.72. The molecule has 0 bridgehead atoms. The van der Waals surface area contributed by atoms with Gasteiger partial charge in [-0.05, 0) is 12.5 Å². The number of benzene rings is 1. The highest BCUT2D eigenvalue weighted by Crippen LogP contribution is 2.68. The highest BCUT2D eigenvalue weighted by molar-refractivity contribution is 5.89. The van der Waals surface area contributed by atoms with E-state index in [1.807, 2.05) is 31.2 Å². The predicted molar refractivity (Wildman–Crippen MR) is 56.4 cm³/mol. The van der Waals surface area contributed by atoms with Crippen LogP contribution in [0.15, 0.2) is 24.3 Å². The lowest BCUT2D eigenvalue weighted by atomic mass is 10.00. The lowest BCUT2D eigenvalue weighted by molar-refractivity contribution is -0.143. The molecule has 2 aliphatic rings. The number of rotatable bonds is 1. The molecule has 2 fully saturated rings. The van der Waals surface area contributed by atoms with Crippen molar-refractivity contribution in [1.29, 1.82) is 5.26 Å². The molecular weight excluding hydrogens is 202 g/mol. The van der Waals surface area contributed by atoms with Crippen molar-refractivity contribution in [1.82, 2.24) is 0 Å². The van der Waals surface area contributed by atoms with Crippen LogP contribution >= 0.6 is 0 Å². The van der Waals surface area contributed by atoms with Gasteiger partial charge in [0.05, 0.1) is 12.7 Å². The summed E-state index contributed by atoms with van der Waals surface area (Å²) >= 11 is 0. The average Bonchev–Trinajstić information content (AvgIpc) is 2.85. The van der Waals surface area contributed by atoms with Crippen LogP contribution in [0.3, 0.4) is 0 Å². The van der Waals surface area contributed by atoms with Crippen LogP contribution in [-0.2, 0) is 9.53 Å². The minimum Gasteiger partial charge on any atom is -0.464 e. The number of ether oxygens (including phenoxy) is 1. The van der Waals surface area contributed by atoms with E-state index in [1.165, 1.54) is 5.56 Å². The Morgan fingerprint density at radius 1 is 1.44 bits per heavy atom. The van der Waals surface area contributed by atoms with E-state index in [-0.39, 0.29) is 17.8 Å². The van der Waals surface area contributed by atoms with Gasteiger partial charge in [-0.1, -0.05) is 29.8 Å². The van der Waals surface area contributed by atoms with Crippen molar-refractivity contribution in [3.8, 4) is 6.07 Å². The number of nitrogens with zero attached hydrogens (tertiary/aromatic N) is 1. The summed E-state index contributed by atoms with van der Waals surface area (Å²) in [6, 6.07) is 10.2. The highest BCUT2D eigenvalue weighted by atomic mass is 16.5. The molecule has 1 heterocycles. The molecule has 0 amide bonds. The van der Waals surface area contributed by atoms with Gasteiger partial charge < -0.3 is 4.74 Å². The minimum atomic E-state index is -0.880. The zero-order valence-electron chi connectivity index (χ0n) is 8.93. The monoisotopic (exact) mass is 213 g/mol. The molecule has 1 aliphatic heterocycles. The van der Waals surface area contributed by atoms with Crippen LogP contribution in [0.5, 0.6) is 0 Å². The summed E-state index contributed by atoms with van der Waals surface area (Å²) < 4.78 is 4.92. The fraction of sp³-hybridized carbons (Fsp3) is 0.385. The Morgan fingerprint density at radius 3 is 2.69 bits per heavy atom. The van der Waals surface area contributed by atoms with Crippen molar-refractivity contribution < 1.29 is 9.53 Å². The number of aryl methyl sites for hydroxylation is 1. The van der Waals surface area contributed by atoms with Crippen LogP contribution in [0, 0.1) is 29.6 Å². The van der Waals surface area contributed by atoms with E-state index in [0.29, 0.717) is 6.61 Å². The molecule has 1 saturated carbocycles. The topological polar surface area (TPSA) is 50.1 Å². The second-order valence-corrected chi connectivity index (χ2v) is 4.57. The fourth-order valence-electron chi connectivity index (χ4n) is 2.72. The van der Waals surface area contributed by atoms with Crippen molar-refractivity contribution in [3.05, 3.63) is 35.4 Å². The number of hydrogen-bond donors (Lipinski definition) is 0. The molecule has 3 rings (SSSR count). The van der Waals surface area contributed by atoms with Gasteiger partial charge in [-0.15, -0.1) is 0 Å². The van der Waals surface area contributed by atoms with Gasteiger partial charge in [0.2, 0.25) is 0 Å². The first kappa shape index (κ1) is 9.41. The van der Waals surface area contributed by atoms with E-state index in [4.69, 9.17) is 4.74 Å². The normalized spacial score (nSPS) is 35.1. The lowest BCUT2D eigenvalue weighted by Crippen LogP contribution is -2.14. The molecule has 80 valence electrons. The Hall–Kier alpha value is -1.82. The van der Waals surface area contributed by atoms with E-state index in [9.17, 15) is 10.1 Å². The quantitative estimate of drug-likeness (QED) is 0.668. The molecule has 0 unspecified atom stereocenters. The first-order chi connectivity index (χ1) is 7.70. The molecule has 1 aromatic carbocycles. The molecule has 0 aromatic heterocycles. The molecule has 0 spiro atoms. The lowest BCUT2D eigenvalue weighted by Gasteiger charge is -2.07. The van der Waals surface area contributed by atoms with Crippen LogP contribution in [0.2, 0.25) is 0 Å². The van der Waals surface area contributed by atoms with Crippen LogP contribution in [0.25, 0.3) is 0 Å². The average molecular weight is 213 g/mol. The third-order valence-electron chi connectivity index (χ3n) is 3.72. The van der Waals surface area contributed by atoms with Gasteiger partial charge in [-0.2, -0.15) is 5.26 Å². The molecule has 1 saturated heterocycles. The van der Waals surface area contributed by atoms with Crippen LogP contribution < -0.4 is 0 Å². The second kappa shape index (κ2) is 2.85. The fourth-order valence-corrected chi connectivity index (χ4v) is 2.72. The van der Waals surface area contributed by atoms with Crippen LogP contribution in [0.1, 0.15) is 17.0 Å². The number of nitriles is 1. The van der Waals surface area contributed by atoms with Crippen molar-refractivity contribution in [2.45, 2.75) is 12.8 Å². The molecule has 3 nitrogen and oxygen atoms in total. The SMILES string of the molecule is Cc1ccc([C@H]2[C@@H]3COC(=O)[C@@]32C#N)cc1. The summed E-state index contributed by atoms with van der Waals surface area (Å²) in [5, 5.41) is 9.17. The summed E-state index contributed by atoms with van der Waals surface area (Å²) in [6.07, 6.45) is 0. The van der Waals surface area contributed by atoms with Gasteiger partial charge in [0, 0.05) is 11.8 Å². The number of cyclic esters (lactones) is 1. The minimum absolute atomic E-state index is 0.0411. The largest absolute Gasteiger partial charge is 0.464 e. The Labute approximate surface area is 93.6 Å². The summed E-state index contributed by atoms with van der Waals surface area (Å²) in [5.41, 5.74) is 1.38. The number of fused-ring (bicyclic) bond motifs is 1. The van der Waals surface area contributed by atoms with Crippen molar-refractivity contribution in [3.63, 3.8) is 0 Å². The van der Waals surface area contributed by atoms with Crippen LogP contribution in [-0.4, -0.2) is 12.6 Å². The number of esters is 1.